The Morgan fingerprint density at radius 3 is 3.00 bits per heavy atom. The molecule has 1 saturated heterocycles. The Kier molecular flexibility index (Phi) is 2.42. The number of aromatic nitrogens is 2. The number of hydrogen-bond acceptors (Lipinski definition) is 2. The average Bonchev–Trinajstić information content (AvgIpc) is 3.03. The lowest BCUT2D eigenvalue weighted by atomic mass is 9.94. The summed E-state index contributed by atoms with van der Waals surface area (Å²) in [6, 6.07) is 2.02. The molecule has 4 nitrogen and oxygen atoms in total. The van der Waals surface area contributed by atoms with Crippen molar-refractivity contribution in [3.05, 3.63) is 18.0 Å². The third kappa shape index (κ3) is 1.84. The number of piperidine rings is 1. The van der Waals surface area contributed by atoms with Crippen molar-refractivity contribution in [1.82, 2.24) is 15.1 Å². The van der Waals surface area contributed by atoms with Crippen molar-refractivity contribution >= 4 is 5.91 Å². The van der Waals surface area contributed by atoms with Crippen molar-refractivity contribution in [2.45, 2.75) is 31.6 Å². The summed E-state index contributed by atoms with van der Waals surface area (Å²) in [5.74, 6) is 1.18. The van der Waals surface area contributed by atoms with Gasteiger partial charge in [-0.05, 0) is 31.7 Å². The Hall–Kier alpha value is -1.32. The highest BCUT2D eigenvalue weighted by Gasteiger charge is 2.35. The molecule has 4 heteroatoms. The van der Waals surface area contributed by atoms with Gasteiger partial charge in [-0.1, -0.05) is 0 Å². The summed E-state index contributed by atoms with van der Waals surface area (Å²) in [5.41, 5.74) is 1.17. The van der Waals surface area contributed by atoms with Crippen LogP contribution in [0.4, 0.5) is 0 Å². The van der Waals surface area contributed by atoms with Crippen LogP contribution < -0.4 is 0 Å². The van der Waals surface area contributed by atoms with E-state index in [0.29, 0.717) is 17.7 Å². The first kappa shape index (κ1) is 9.87. The van der Waals surface area contributed by atoms with E-state index in [9.17, 15) is 4.79 Å². The monoisotopic (exact) mass is 219 g/mol. The van der Waals surface area contributed by atoms with Crippen LogP contribution in [0.2, 0.25) is 0 Å². The molecule has 1 aromatic heterocycles. The zero-order valence-electron chi connectivity index (χ0n) is 9.35. The predicted octanol–water partition coefficient (Wildman–Crippen LogP) is 1.53. The molecular formula is C12H17N3O. The minimum Gasteiger partial charge on any atom is -0.342 e. The molecule has 1 aliphatic carbocycles. The Labute approximate surface area is 95.0 Å². The first-order valence-electron chi connectivity index (χ1n) is 6.12. The molecule has 1 atom stereocenters. The highest BCUT2D eigenvalue weighted by atomic mass is 16.2. The van der Waals surface area contributed by atoms with Crippen molar-refractivity contribution in [3.63, 3.8) is 0 Å². The maximum absolute atomic E-state index is 12.0. The molecule has 1 N–H and O–H groups in total. The zero-order valence-corrected chi connectivity index (χ0v) is 9.35. The molecule has 1 saturated carbocycles. The predicted molar refractivity (Wildman–Crippen MR) is 59.9 cm³/mol. The van der Waals surface area contributed by atoms with Crippen LogP contribution in [-0.2, 0) is 4.79 Å². The molecule has 2 fully saturated rings. The molecule has 0 aromatic carbocycles. The summed E-state index contributed by atoms with van der Waals surface area (Å²) >= 11 is 0. The number of likely N-dealkylation sites (tertiary alicyclic amines) is 1. The second kappa shape index (κ2) is 3.92. The zero-order chi connectivity index (χ0) is 11.0. The maximum atomic E-state index is 12.0. The largest absolute Gasteiger partial charge is 0.342 e. The highest BCUT2D eigenvalue weighted by Crippen LogP contribution is 2.33. The first-order chi connectivity index (χ1) is 7.84. The van der Waals surface area contributed by atoms with Gasteiger partial charge < -0.3 is 4.90 Å². The molecule has 2 aliphatic rings. The standard InChI is InChI=1S/C12H17N3O/c16-12(9-3-4-9)15-7-1-2-10(8-15)11-5-6-13-14-11/h5-6,9-10H,1-4,7-8H2,(H,13,14). The third-order valence-corrected chi connectivity index (χ3v) is 3.62. The summed E-state index contributed by atoms with van der Waals surface area (Å²) in [5, 5.41) is 7.01. The Bertz CT molecular complexity index is 370. The van der Waals surface area contributed by atoms with E-state index in [1.165, 1.54) is 5.69 Å². The van der Waals surface area contributed by atoms with Gasteiger partial charge in [-0.2, -0.15) is 5.10 Å². The van der Waals surface area contributed by atoms with Gasteiger partial charge in [0, 0.05) is 36.8 Å². The lowest BCUT2D eigenvalue weighted by Gasteiger charge is -2.32. The third-order valence-electron chi connectivity index (χ3n) is 3.62. The first-order valence-corrected chi connectivity index (χ1v) is 6.12. The van der Waals surface area contributed by atoms with Gasteiger partial charge in [0.25, 0.3) is 0 Å². The van der Waals surface area contributed by atoms with Gasteiger partial charge in [0.1, 0.15) is 0 Å². The molecule has 1 amide bonds. The van der Waals surface area contributed by atoms with E-state index in [2.05, 4.69) is 10.2 Å². The van der Waals surface area contributed by atoms with E-state index in [1.54, 1.807) is 6.20 Å². The Morgan fingerprint density at radius 2 is 2.31 bits per heavy atom. The minimum absolute atomic E-state index is 0.348. The number of nitrogens with one attached hydrogen (secondary N) is 1. The lowest BCUT2D eigenvalue weighted by Crippen LogP contribution is -2.40. The summed E-state index contributed by atoms with van der Waals surface area (Å²) in [6.07, 6.45) is 6.27. The molecule has 1 aromatic rings. The number of nitrogens with zero attached hydrogens (tertiary/aromatic N) is 2. The van der Waals surface area contributed by atoms with Crippen LogP contribution >= 0.6 is 0 Å². The Morgan fingerprint density at radius 1 is 1.44 bits per heavy atom. The Balaban J connectivity index is 1.67. The smallest absolute Gasteiger partial charge is 0.225 e. The van der Waals surface area contributed by atoms with Gasteiger partial charge in [-0.25, -0.2) is 0 Å². The highest BCUT2D eigenvalue weighted by molar-refractivity contribution is 5.81. The van der Waals surface area contributed by atoms with E-state index >= 15 is 0 Å². The fourth-order valence-corrected chi connectivity index (χ4v) is 2.51. The van der Waals surface area contributed by atoms with Crippen LogP contribution in [0.15, 0.2) is 12.3 Å². The summed E-state index contributed by atoms with van der Waals surface area (Å²) < 4.78 is 0. The SMILES string of the molecule is O=C(C1CC1)N1CCCC(c2ccn[nH]2)C1. The van der Waals surface area contributed by atoms with Gasteiger partial charge in [0.2, 0.25) is 5.91 Å². The van der Waals surface area contributed by atoms with Crippen LogP contribution in [0.25, 0.3) is 0 Å². The van der Waals surface area contributed by atoms with E-state index in [4.69, 9.17) is 0 Å². The molecule has 1 unspecified atom stereocenters. The molecule has 0 spiro atoms. The molecule has 1 aliphatic heterocycles. The summed E-state index contributed by atoms with van der Waals surface area (Å²) in [4.78, 5) is 14.0. The fraction of sp³-hybridized carbons (Fsp3) is 0.667. The van der Waals surface area contributed by atoms with Gasteiger partial charge in [-0.3, -0.25) is 9.89 Å². The quantitative estimate of drug-likeness (QED) is 0.820. The van der Waals surface area contributed by atoms with E-state index in [1.807, 2.05) is 11.0 Å². The van der Waals surface area contributed by atoms with E-state index in [0.717, 1.165) is 38.8 Å². The van der Waals surface area contributed by atoms with Crippen molar-refractivity contribution in [2.24, 2.45) is 5.92 Å². The molecule has 16 heavy (non-hydrogen) atoms. The molecular weight excluding hydrogens is 202 g/mol. The molecule has 2 heterocycles. The summed E-state index contributed by atoms with van der Waals surface area (Å²) in [7, 11) is 0. The summed E-state index contributed by atoms with van der Waals surface area (Å²) in [6.45, 7) is 1.82. The van der Waals surface area contributed by atoms with Gasteiger partial charge in [0.15, 0.2) is 0 Å². The molecule has 86 valence electrons. The number of hydrogen-bond donors (Lipinski definition) is 1. The van der Waals surface area contributed by atoms with Crippen LogP contribution in [0.5, 0.6) is 0 Å². The maximum Gasteiger partial charge on any atom is 0.225 e. The van der Waals surface area contributed by atoms with E-state index < -0.39 is 0 Å². The number of H-pyrrole nitrogens is 1. The fourth-order valence-electron chi connectivity index (χ4n) is 2.51. The van der Waals surface area contributed by atoms with E-state index in [-0.39, 0.29) is 0 Å². The second-order valence-electron chi connectivity index (χ2n) is 4.91. The van der Waals surface area contributed by atoms with Crippen LogP contribution in [0.1, 0.15) is 37.3 Å². The number of aromatic amines is 1. The molecule has 3 rings (SSSR count). The van der Waals surface area contributed by atoms with Crippen molar-refractivity contribution < 1.29 is 4.79 Å². The van der Waals surface area contributed by atoms with Crippen molar-refractivity contribution in [1.29, 1.82) is 0 Å². The molecule has 0 bridgehead atoms. The van der Waals surface area contributed by atoms with Gasteiger partial charge >= 0.3 is 0 Å². The van der Waals surface area contributed by atoms with Crippen LogP contribution in [0.3, 0.4) is 0 Å². The van der Waals surface area contributed by atoms with Crippen molar-refractivity contribution in [2.75, 3.05) is 13.1 Å². The number of carbonyl (C=O) groups is 1. The van der Waals surface area contributed by atoms with Crippen LogP contribution in [-0.4, -0.2) is 34.1 Å². The van der Waals surface area contributed by atoms with Gasteiger partial charge in [-0.15, -0.1) is 0 Å². The number of rotatable bonds is 2. The van der Waals surface area contributed by atoms with Gasteiger partial charge in [0.05, 0.1) is 0 Å². The van der Waals surface area contributed by atoms with Crippen molar-refractivity contribution in [3.8, 4) is 0 Å². The topological polar surface area (TPSA) is 49.0 Å². The number of carbonyl (C=O) groups excluding carboxylic acids is 1. The number of amides is 1. The lowest BCUT2D eigenvalue weighted by molar-refractivity contribution is -0.133. The second-order valence-corrected chi connectivity index (χ2v) is 4.91. The van der Waals surface area contributed by atoms with Crippen LogP contribution in [0, 0.1) is 5.92 Å². The normalized spacial score (nSPS) is 25.8. The molecule has 0 radical (unpaired) electrons. The average molecular weight is 219 g/mol. The minimum atomic E-state index is 0.348.